The molecule has 19 heteroatoms. The summed E-state index contributed by atoms with van der Waals surface area (Å²) < 4.78 is 78.9. The second kappa shape index (κ2) is 21.4. The van der Waals surface area contributed by atoms with E-state index in [9.17, 15) is 14.4 Å². The molecule has 0 bridgehead atoms. The highest BCUT2D eigenvalue weighted by Crippen LogP contribution is 2.43. The predicted molar refractivity (Wildman–Crippen MR) is 226 cm³/mol. The first kappa shape index (κ1) is 49.3. The molecule has 0 N–H and O–H groups in total. The van der Waals surface area contributed by atoms with Crippen LogP contribution in [-0.2, 0) is 76.0 Å². The molecule has 2 aromatic carbocycles. The number of carbonyl (C=O) groups excluding carboxylic acids is 3. The average Bonchev–Trinajstić information content (AvgIpc) is 3.90. The molecule has 0 aliphatic carbocycles. The number of nitrogens with zero attached hydrogens (tertiary/aromatic N) is 3. The van der Waals surface area contributed by atoms with Gasteiger partial charge in [-0.1, -0.05) is 18.2 Å². The van der Waals surface area contributed by atoms with Gasteiger partial charge in [-0.15, -0.1) is 0 Å². The van der Waals surface area contributed by atoms with Gasteiger partial charge in [0.15, 0.2) is 36.0 Å². The number of esters is 3. The van der Waals surface area contributed by atoms with Crippen molar-refractivity contribution < 1.29 is 76.0 Å². The van der Waals surface area contributed by atoms with Crippen LogP contribution in [0.15, 0.2) is 64.8 Å². The number of azo groups is 1. The maximum atomic E-state index is 13.1. The number of likely N-dealkylation sites (N-methyl/N-ethyl adjacent to an activating group) is 1. The minimum absolute atomic E-state index is 0.108. The summed E-state index contributed by atoms with van der Waals surface area (Å²) in [7, 11) is 2.96. The van der Waals surface area contributed by atoms with Crippen LogP contribution >= 0.6 is 0 Å². The lowest BCUT2D eigenvalue weighted by Gasteiger charge is -2.43. The van der Waals surface area contributed by atoms with Crippen LogP contribution in [-0.4, -0.2) is 144 Å². The molecule has 0 unspecified atom stereocenters. The van der Waals surface area contributed by atoms with Crippen LogP contribution in [0.4, 0.5) is 17.1 Å². The first-order valence-corrected chi connectivity index (χ1v) is 21.6. The number of methoxy groups -OCH3 is 2. The Kier molecular flexibility index (Phi) is 16.5. The van der Waals surface area contributed by atoms with Gasteiger partial charge >= 0.3 is 17.9 Å². The first-order chi connectivity index (χ1) is 30.4. The summed E-state index contributed by atoms with van der Waals surface area (Å²) in [5.74, 6) is -5.05. The predicted octanol–water partition coefficient (Wildman–Crippen LogP) is 5.65. The van der Waals surface area contributed by atoms with E-state index in [0.29, 0.717) is 18.8 Å². The number of hydrogen-bond acceptors (Lipinski definition) is 19. The number of carbonyl (C=O) groups is 3. The fourth-order valence-electron chi connectivity index (χ4n) is 8.06. The molecule has 4 aliphatic rings. The van der Waals surface area contributed by atoms with Crippen molar-refractivity contribution in [3.8, 4) is 0 Å². The fraction of sp³-hybridized carbons (Fsp3) is 0.667. The standard InChI is InChI=1S/C45H63N3O16/c1-11-48(30-19-17-29(18-20-30)47-46-28-15-13-12-14-16-28)23-24-54-33(50)21-22-34(51)55-25-31-36-38(63-44(5,6)61-36)39(57-27(2)49)42(58-31)59-35(32-26-56-43(3,4)60-32)37-40(41(52-9)53-10)64-45(7,8)62-37/h12-20,31-32,35-42H,11,21-26H2,1-10H3/t31-,32-,35-,36+,37+,38+,39-,40-,42+/m1/s1. The molecular formula is C45H63N3O16. The van der Waals surface area contributed by atoms with Crippen LogP contribution in [0.2, 0.25) is 0 Å². The van der Waals surface area contributed by atoms with Crippen LogP contribution in [0, 0.1) is 0 Å². The van der Waals surface area contributed by atoms with E-state index in [2.05, 4.69) is 15.1 Å². The van der Waals surface area contributed by atoms with Crippen molar-refractivity contribution in [2.75, 3.05) is 52.0 Å². The normalized spacial score (nSPS) is 28.5. The molecule has 0 spiro atoms. The third-order valence-corrected chi connectivity index (χ3v) is 10.8. The Labute approximate surface area is 374 Å². The number of benzene rings is 2. The van der Waals surface area contributed by atoms with Gasteiger partial charge in [0.05, 0.1) is 37.4 Å². The third-order valence-electron chi connectivity index (χ3n) is 10.8. The Bertz CT molecular complexity index is 1880. The summed E-state index contributed by atoms with van der Waals surface area (Å²) in [6.45, 7) is 14.7. The molecule has 4 saturated heterocycles. The van der Waals surface area contributed by atoms with E-state index in [0.717, 1.165) is 11.4 Å². The van der Waals surface area contributed by atoms with E-state index >= 15 is 0 Å². The van der Waals surface area contributed by atoms with Crippen LogP contribution in [0.3, 0.4) is 0 Å². The second-order valence-electron chi connectivity index (χ2n) is 17.1. The third kappa shape index (κ3) is 13.0. The fourth-order valence-corrected chi connectivity index (χ4v) is 8.06. The van der Waals surface area contributed by atoms with Gasteiger partial charge in [0.2, 0.25) is 0 Å². The Morgan fingerprint density at radius 3 is 1.98 bits per heavy atom. The molecule has 4 aliphatic heterocycles. The molecule has 4 fully saturated rings. The summed E-state index contributed by atoms with van der Waals surface area (Å²) in [5.41, 5.74) is 2.40. The maximum absolute atomic E-state index is 13.1. The van der Waals surface area contributed by atoms with E-state index in [1.54, 1.807) is 41.5 Å². The lowest BCUT2D eigenvalue weighted by molar-refractivity contribution is -0.317. The van der Waals surface area contributed by atoms with Crippen LogP contribution in [0.1, 0.15) is 68.2 Å². The zero-order chi connectivity index (χ0) is 46.2. The highest BCUT2D eigenvalue weighted by atomic mass is 16.8. The zero-order valence-corrected chi connectivity index (χ0v) is 38.3. The van der Waals surface area contributed by atoms with E-state index in [-0.39, 0.29) is 32.7 Å². The lowest BCUT2D eigenvalue weighted by Crippen LogP contribution is -2.62. The van der Waals surface area contributed by atoms with Gasteiger partial charge in [-0.25, -0.2) is 0 Å². The van der Waals surface area contributed by atoms with Crippen LogP contribution in [0.25, 0.3) is 0 Å². The summed E-state index contributed by atoms with van der Waals surface area (Å²) in [6.07, 6.45) is -9.98. The number of hydrogen-bond donors (Lipinski definition) is 0. The summed E-state index contributed by atoms with van der Waals surface area (Å²) in [4.78, 5) is 40.5. The van der Waals surface area contributed by atoms with Crippen molar-refractivity contribution in [3.05, 3.63) is 54.6 Å². The van der Waals surface area contributed by atoms with Crippen molar-refractivity contribution in [1.29, 1.82) is 0 Å². The Balaban J connectivity index is 1.07. The number of rotatable bonds is 20. The average molecular weight is 902 g/mol. The summed E-state index contributed by atoms with van der Waals surface area (Å²) >= 11 is 0. The maximum Gasteiger partial charge on any atom is 0.306 e. The van der Waals surface area contributed by atoms with E-state index in [4.69, 9.17) is 61.6 Å². The van der Waals surface area contributed by atoms with Gasteiger partial charge in [0.1, 0.15) is 55.9 Å². The molecule has 2 aromatic rings. The number of anilines is 1. The molecule has 0 amide bonds. The van der Waals surface area contributed by atoms with Crippen molar-refractivity contribution in [2.24, 2.45) is 10.2 Å². The molecule has 6 rings (SSSR count). The smallest absolute Gasteiger partial charge is 0.306 e. The molecule has 64 heavy (non-hydrogen) atoms. The first-order valence-electron chi connectivity index (χ1n) is 21.6. The molecule has 19 nitrogen and oxygen atoms in total. The van der Waals surface area contributed by atoms with Gasteiger partial charge in [-0.3, -0.25) is 14.4 Å². The largest absolute Gasteiger partial charge is 0.464 e. The molecule has 0 radical (unpaired) electrons. The number of ether oxygens (including phenoxy) is 13. The molecule has 0 saturated carbocycles. The van der Waals surface area contributed by atoms with Crippen molar-refractivity contribution in [2.45, 2.75) is 147 Å². The zero-order valence-electron chi connectivity index (χ0n) is 38.3. The van der Waals surface area contributed by atoms with Gasteiger partial charge in [0, 0.05) is 33.4 Å². The van der Waals surface area contributed by atoms with Gasteiger partial charge in [-0.05, 0) is 84.9 Å². The van der Waals surface area contributed by atoms with Crippen LogP contribution < -0.4 is 4.90 Å². The molecule has 354 valence electrons. The lowest BCUT2D eigenvalue weighted by atomic mass is 9.98. The minimum atomic E-state index is -1.33. The van der Waals surface area contributed by atoms with Gasteiger partial charge < -0.3 is 66.5 Å². The highest BCUT2D eigenvalue weighted by molar-refractivity contribution is 5.77. The molecular weight excluding hydrogens is 838 g/mol. The quantitative estimate of drug-likeness (QED) is 0.0683. The molecule has 4 heterocycles. The molecule has 0 aromatic heterocycles. The van der Waals surface area contributed by atoms with Gasteiger partial charge in [-0.2, -0.15) is 10.2 Å². The Hall–Kier alpha value is -4.15. The minimum Gasteiger partial charge on any atom is -0.464 e. The number of fused-ring (bicyclic) bond motifs is 1. The van der Waals surface area contributed by atoms with Gasteiger partial charge in [0.25, 0.3) is 0 Å². The Morgan fingerprint density at radius 2 is 1.38 bits per heavy atom. The molecule has 9 atom stereocenters. The summed E-state index contributed by atoms with van der Waals surface area (Å²) in [6, 6.07) is 17.1. The SMILES string of the molecule is CCN(CCOC(=O)CCC(=O)OC[C@H]1O[C@@H](O[C@@H]([C@@H]2OC(C)(C)O[C@H]2C(OC)OC)[C@H]2COC(C)(C)O2)[C@H](OC(C)=O)[C@H]2OC(C)(C)O[C@H]21)c1ccc(N=Nc2ccccc2)cc1. The topological polar surface area (TPSA) is 199 Å². The Morgan fingerprint density at radius 1 is 0.766 bits per heavy atom. The van der Waals surface area contributed by atoms with Crippen molar-refractivity contribution in [1.82, 2.24) is 0 Å². The van der Waals surface area contributed by atoms with E-state index in [1.807, 2.05) is 61.5 Å². The highest BCUT2D eigenvalue weighted by Gasteiger charge is 2.60. The monoisotopic (exact) mass is 901 g/mol. The van der Waals surface area contributed by atoms with E-state index < -0.39 is 96.7 Å². The van der Waals surface area contributed by atoms with Crippen molar-refractivity contribution >= 4 is 35.0 Å². The second-order valence-corrected chi connectivity index (χ2v) is 17.1. The van der Waals surface area contributed by atoms with Crippen LogP contribution in [0.5, 0.6) is 0 Å². The van der Waals surface area contributed by atoms with Crippen molar-refractivity contribution in [3.63, 3.8) is 0 Å². The summed E-state index contributed by atoms with van der Waals surface area (Å²) in [5, 5.41) is 8.54. The van der Waals surface area contributed by atoms with E-state index in [1.165, 1.54) is 21.1 Å².